The van der Waals surface area contributed by atoms with Crippen molar-refractivity contribution < 1.29 is 8.78 Å². The summed E-state index contributed by atoms with van der Waals surface area (Å²) in [6, 6.07) is -0.561. The molecular formula is C8H14F2IN. The summed E-state index contributed by atoms with van der Waals surface area (Å²) < 4.78 is 25.2. The molecule has 0 amide bonds. The summed E-state index contributed by atoms with van der Waals surface area (Å²) in [4.78, 5) is 1.89. The lowest BCUT2D eigenvalue weighted by Crippen LogP contribution is -2.43. The van der Waals surface area contributed by atoms with Crippen LogP contribution in [0, 0.1) is 0 Å². The van der Waals surface area contributed by atoms with E-state index in [1.165, 1.54) is 0 Å². The molecule has 12 heavy (non-hydrogen) atoms. The van der Waals surface area contributed by atoms with Gasteiger partial charge in [-0.3, -0.25) is 4.90 Å². The molecule has 1 heterocycles. The van der Waals surface area contributed by atoms with Gasteiger partial charge in [-0.25, -0.2) is 8.78 Å². The highest BCUT2D eigenvalue weighted by Crippen LogP contribution is 2.21. The Morgan fingerprint density at radius 1 is 1.33 bits per heavy atom. The van der Waals surface area contributed by atoms with Gasteiger partial charge in [-0.05, 0) is 32.9 Å². The van der Waals surface area contributed by atoms with Gasteiger partial charge in [-0.1, -0.05) is 22.6 Å². The van der Waals surface area contributed by atoms with Crippen LogP contribution in [0.25, 0.3) is 0 Å². The second kappa shape index (κ2) is 4.69. The van der Waals surface area contributed by atoms with Gasteiger partial charge in [0.2, 0.25) is 0 Å². The Labute approximate surface area is 85.6 Å². The Balaban J connectivity index is 2.34. The lowest BCUT2D eigenvalue weighted by molar-refractivity contribution is 0.0269. The van der Waals surface area contributed by atoms with Crippen molar-refractivity contribution in [3.8, 4) is 0 Å². The second-order valence-corrected chi connectivity index (χ2v) is 5.05. The molecule has 1 aliphatic rings. The van der Waals surface area contributed by atoms with Gasteiger partial charge in [0.1, 0.15) is 0 Å². The predicted molar refractivity (Wildman–Crippen MR) is 54.1 cm³/mol. The molecule has 0 aliphatic carbocycles. The maximum Gasteiger partial charge on any atom is 0.253 e. The minimum absolute atomic E-state index is 0.561. The molecule has 0 bridgehead atoms. The minimum atomic E-state index is -2.20. The molecule has 0 N–H and O–H groups in total. The topological polar surface area (TPSA) is 3.24 Å². The van der Waals surface area contributed by atoms with E-state index in [1.807, 2.05) is 4.90 Å². The Kier molecular flexibility index (Phi) is 4.16. The van der Waals surface area contributed by atoms with Crippen molar-refractivity contribution in [2.75, 3.05) is 13.1 Å². The molecule has 0 aromatic heterocycles. The van der Waals surface area contributed by atoms with Gasteiger partial charge in [-0.2, -0.15) is 0 Å². The van der Waals surface area contributed by atoms with Gasteiger partial charge >= 0.3 is 0 Å². The molecule has 1 unspecified atom stereocenters. The van der Waals surface area contributed by atoms with Gasteiger partial charge in [0.05, 0.1) is 6.04 Å². The highest BCUT2D eigenvalue weighted by molar-refractivity contribution is 14.1. The molecule has 1 nitrogen and oxygen atoms in total. The summed E-state index contributed by atoms with van der Waals surface area (Å²) in [7, 11) is 0. The Hall–Kier alpha value is 0.550. The first kappa shape index (κ1) is 10.6. The predicted octanol–water partition coefficient (Wildman–Crippen LogP) is 2.54. The second-order valence-electron chi connectivity index (χ2n) is 3.29. The van der Waals surface area contributed by atoms with E-state index >= 15 is 0 Å². The van der Waals surface area contributed by atoms with E-state index in [-0.39, 0.29) is 0 Å². The van der Waals surface area contributed by atoms with Crippen molar-refractivity contribution in [2.45, 2.75) is 36.2 Å². The fourth-order valence-corrected chi connectivity index (χ4v) is 1.99. The van der Waals surface area contributed by atoms with E-state index in [0.717, 1.165) is 25.9 Å². The van der Waals surface area contributed by atoms with Gasteiger partial charge < -0.3 is 0 Å². The molecule has 1 aliphatic heterocycles. The first-order valence-electron chi connectivity index (χ1n) is 4.27. The average Bonchev–Trinajstić information content (AvgIpc) is 2.04. The monoisotopic (exact) mass is 289 g/mol. The number of hydrogen-bond donors (Lipinski definition) is 0. The number of likely N-dealkylation sites (tertiary alicyclic amines) is 1. The number of rotatable bonds is 2. The van der Waals surface area contributed by atoms with E-state index < -0.39 is 12.5 Å². The van der Waals surface area contributed by atoms with Crippen molar-refractivity contribution >= 4 is 22.6 Å². The molecule has 1 atom stereocenters. The molecule has 1 rings (SSSR count). The van der Waals surface area contributed by atoms with E-state index in [9.17, 15) is 8.78 Å². The van der Waals surface area contributed by atoms with Crippen molar-refractivity contribution in [1.82, 2.24) is 4.90 Å². The van der Waals surface area contributed by atoms with E-state index in [0.29, 0.717) is 3.92 Å². The zero-order chi connectivity index (χ0) is 9.14. The van der Waals surface area contributed by atoms with Crippen molar-refractivity contribution in [3.05, 3.63) is 0 Å². The van der Waals surface area contributed by atoms with Crippen LogP contribution in [0.5, 0.6) is 0 Å². The lowest BCUT2D eigenvalue weighted by Gasteiger charge is -2.33. The SMILES string of the molecule is CC(C(F)F)N1CCC(I)CC1. The van der Waals surface area contributed by atoms with Crippen LogP contribution in [0.2, 0.25) is 0 Å². The molecule has 1 fully saturated rings. The maximum absolute atomic E-state index is 12.3. The Bertz CT molecular complexity index is 135. The Morgan fingerprint density at radius 2 is 1.83 bits per heavy atom. The van der Waals surface area contributed by atoms with Crippen LogP contribution in [-0.4, -0.2) is 34.4 Å². The smallest absolute Gasteiger partial charge is 0.253 e. The molecule has 4 heteroatoms. The molecule has 1 saturated heterocycles. The molecule has 0 aromatic rings. The highest BCUT2D eigenvalue weighted by atomic mass is 127. The molecule has 72 valence electrons. The minimum Gasteiger partial charge on any atom is -0.295 e. The largest absolute Gasteiger partial charge is 0.295 e. The van der Waals surface area contributed by atoms with Crippen LogP contribution in [0.3, 0.4) is 0 Å². The van der Waals surface area contributed by atoms with Crippen molar-refractivity contribution in [3.63, 3.8) is 0 Å². The lowest BCUT2D eigenvalue weighted by atomic mass is 10.1. The molecular weight excluding hydrogens is 275 g/mol. The summed E-state index contributed by atoms with van der Waals surface area (Å²) in [5.41, 5.74) is 0. The van der Waals surface area contributed by atoms with E-state index in [2.05, 4.69) is 22.6 Å². The van der Waals surface area contributed by atoms with Crippen LogP contribution >= 0.6 is 22.6 Å². The van der Waals surface area contributed by atoms with Crippen LogP contribution in [-0.2, 0) is 0 Å². The third-order valence-electron chi connectivity index (χ3n) is 2.40. The summed E-state index contributed by atoms with van der Waals surface area (Å²) in [5.74, 6) is 0. The zero-order valence-electron chi connectivity index (χ0n) is 7.14. The zero-order valence-corrected chi connectivity index (χ0v) is 9.30. The number of nitrogens with zero attached hydrogens (tertiary/aromatic N) is 1. The highest BCUT2D eigenvalue weighted by Gasteiger charge is 2.26. The van der Waals surface area contributed by atoms with Crippen LogP contribution in [0.4, 0.5) is 8.78 Å². The van der Waals surface area contributed by atoms with E-state index in [4.69, 9.17) is 0 Å². The maximum atomic E-state index is 12.3. The van der Waals surface area contributed by atoms with Crippen molar-refractivity contribution in [1.29, 1.82) is 0 Å². The van der Waals surface area contributed by atoms with Gasteiger partial charge in [0, 0.05) is 3.92 Å². The van der Waals surface area contributed by atoms with Gasteiger partial charge in [-0.15, -0.1) is 0 Å². The fraction of sp³-hybridized carbons (Fsp3) is 1.00. The summed E-state index contributed by atoms with van der Waals surface area (Å²) >= 11 is 2.39. The molecule has 0 aromatic carbocycles. The third-order valence-corrected chi connectivity index (χ3v) is 3.65. The summed E-state index contributed by atoms with van der Waals surface area (Å²) in [6.45, 7) is 3.27. The number of piperidine rings is 1. The van der Waals surface area contributed by atoms with Crippen LogP contribution in [0.1, 0.15) is 19.8 Å². The molecule has 0 saturated carbocycles. The van der Waals surface area contributed by atoms with Crippen LogP contribution < -0.4 is 0 Å². The number of hydrogen-bond acceptors (Lipinski definition) is 1. The molecule has 0 spiro atoms. The standard InChI is InChI=1S/C8H14F2IN/c1-6(8(9)10)12-4-2-7(11)3-5-12/h6-8H,2-5H2,1H3. The summed E-state index contributed by atoms with van der Waals surface area (Å²) in [5, 5.41) is 0. The van der Waals surface area contributed by atoms with E-state index in [1.54, 1.807) is 6.92 Å². The van der Waals surface area contributed by atoms with Crippen LogP contribution in [0.15, 0.2) is 0 Å². The first-order valence-corrected chi connectivity index (χ1v) is 5.52. The van der Waals surface area contributed by atoms with Gasteiger partial charge in [0.25, 0.3) is 6.43 Å². The quantitative estimate of drug-likeness (QED) is 0.558. The summed E-state index contributed by atoms with van der Waals surface area (Å²) in [6.07, 6.45) is -0.0920. The Morgan fingerprint density at radius 3 is 2.25 bits per heavy atom. The number of halogens is 3. The first-order chi connectivity index (χ1) is 5.61. The average molecular weight is 289 g/mol. The fourth-order valence-electron chi connectivity index (χ4n) is 1.43. The van der Waals surface area contributed by atoms with Crippen molar-refractivity contribution in [2.24, 2.45) is 0 Å². The third kappa shape index (κ3) is 2.80. The van der Waals surface area contributed by atoms with Gasteiger partial charge in [0.15, 0.2) is 0 Å². The normalized spacial score (nSPS) is 24.8. The molecule has 0 radical (unpaired) electrons. The number of alkyl halides is 3.